The first kappa shape index (κ1) is 16.4. The highest BCUT2D eigenvalue weighted by atomic mass is 16.5. The van der Waals surface area contributed by atoms with Crippen molar-refractivity contribution in [3.8, 4) is 0 Å². The van der Waals surface area contributed by atoms with E-state index < -0.39 is 0 Å². The van der Waals surface area contributed by atoms with E-state index in [1.54, 1.807) is 7.11 Å². The van der Waals surface area contributed by atoms with Crippen LogP contribution in [0.4, 0.5) is 0 Å². The summed E-state index contributed by atoms with van der Waals surface area (Å²) >= 11 is 0. The zero-order chi connectivity index (χ0) is 15.5. The molecule has 1 saturated carbocycles. The van der Waals surface area contributed by atoms with E-state index in [0.717, 1.165) is 24.6 Å². The molecule has 2 N–H and O–H groups in total. The molecule has 0 spiro atoms. The molecule has 0 bridgehead atoms. The van der Waals surface area contributed by atoms with Gasteiger partial charge in [0.15, 0.2) is 5.82 Å². The van der Waals surface area contributed by atoms with Gasteiger partial charge in [0, 0.05) is 19.6 Å². The Morgan fingerprint density at radius 2 is 1.95 bits per heavy atom. The van der Waals surface area contributed by atoms with Crippen molar-refractivity contribution in [2.45, 2.75) is 64.8 Å². The predicted octanol–water partition coefficient (Wildman–Crippen LogP) is 3.43. The summed E-state index contributed by atoms with van der Waals surface area (Å²) in [4.78, 5) is 4.52. The first-order chi connectivity index (χ1) is 9.91. The minimum Gasteiger partial charge on any atom is -0.385 e. The van der Waals surface area contributed by atoms with Crippen molar-refractivity contribution in [1.82, 2.24) is 10.1 Å². The van der Waals surface area contributed by atoms with Gasteiger partial charge in [-0.2, -0.15) is 4.98 Å². The van der Waals surface area contributed by atoms with E-state index in [9.17, 15) is 0 Å². The summed E-state index contributed by atoms with van der Waals surface area (Å²) < 4.78 is 10.4. The third-order valence-corrected chi connectivity index (χ3v) is 4.72. The van der Waals surface area contributed by atoms with Crippen molar-refractivity contribution in [1.29, 1.82) is 0 Å². The van der Waals surface area contributed by atoms with E-state index in [1.165, 1.54) is 12.8 Å². The van der Waals surface area contributed by atoms with E-state index in [0.29, 0.717) is 30.3 Å². The number of aromatic nitrogens is 2. The quantitative estimate of drug-likeness (QED) is 0.900. The highest BCUT2D eigenvalue weighted by Crippen LogP contribution is 2.42. The number of nitrogens with two attached hydrogens (primary N) is 1. The van der Waals surface area contributed by atoms with Gasteiger partial charge in [-0.25, -0.2) is 0 Å². The maximum atomic E-state index is 6.03. The van der Waals surface area contributed by atoms with Crippen molar-refractivity contribution in [2.75, 3.05) is 13.7 Å². The van der Waals surface area contributed by atoms with E-state index >= 15 is 0 Å². The van der Waals surface area contributed by atoms with Crippen LogP contribution in [0.1, 0.15) is 76.6 Å². The fraction of sp³-hybridized carbons (Fsp3) is 0.875. The standard InChI is InChI=1S/C16H29N3O2/c1-16(2,3)12-7-5-11(6-8-12)14-18-15(21-19-14)13(17)9-10-20-4/h11-13H,5-10,17H2,1-4H3. The Morgan fingerprint density at radius 1 is 1.29 bits per heavy atom. The maximum Gasteiger partial charge on any atom is 0.243 e. The van der Waals surface area contributed by atoms with Crippen LogP contribution in [-0.4, -0.2) is 23.9 Å². The average Bonchev–Trinajstić information content (AvgIpc) is 2.94. The molecule has 1 heterocycles. The predicted molar refractivity (Wildman–Crippen MR) is 81.9 cm³/mol. The highest BCUT2D eigenvalue weighted by molar-refractivity contribution is 5.00. The molecule has 0 aliphatic heterocycles. The van der Waals surface area contributed by atoms with Gasteiger partial charge in [0.05, 0.1) is 6.04 Å². The van der Waals surface area contributed by atoms with Crippen LogP contribution >= 0.6 is 0 Å². The Kier molecular flexibility index (Phi) is 5.38. The third-order valence-electron chi connectivity index (χ3n) is 4.72. The molecule has 1 atom stereocenters. The van der Waals surface area contributed by atoms with Crippen LogP contribution in [0.15, 0.2) is 4.52 Å². The number of ether oxygens (including phenoxy) is 1. The van der Waals surface area contributed by atoms with E-state index in [2.05, 4.69) is 30.9 Å². The molecule has 5 heteroatoms. The number of hydrogen-bond donors (Lipinski definition) is 1. The molecular formula is C16H29N3O2. The first-order valence-corrected chi connectivity index (χ1v) is 8.00. The molecule has 0 amide bonds. The molecule has 0 radical (unpaired) electrons. The maximum absolute atomic E-state index is 6.03. The van der Waals surface area contributed by atoms with Crippen molar-refractivity contribution in [3.63, 3.8) is 0 Å². The Bertz CT molecular complexity index is 431. The molecule has 1 aromatic heterocycles. The van der Waals surface area contributed by atoms with Crippen LogP contribution in [0.2, 0.25) is 0 Å². The van der Waals surface area contributed by atoms with Crippen molar-refractivity contribution in [3.05, 3.63) is 11.7 Å². The lowest BCUT2D eigenvalue weighted by molar-refractivity contribution is 0.166. The van der Waals surface area contributed by atoms with Crippen LogP contribution in [0.3, 0.4) is 0 Å². The third kappa shape index (κ3) is 4.27. The van der Waals surface area contributed by atoms with Crippen LogP contribution in [0, 0.1) is 11.3 Å². The molecule has 21 heavy (non-hydrogen) atoms. The SMILES string of the molecule is COCCC(N)c1nc(C2CCC(C(C)(C)C)CC2)no1. The summed E-state index contributed by atoms with van der Waals surface area (Å²) in [7, 11) is 1.67. The Morgan fingerprint density at radius 3 is 2.52 bits per heavy atom. The van der Waals surface area contributed by atoms with Gasteiger partial charge in [-0.1, -0.05) is 25.9 Å². The zero-order valence-corrected chi connectivity index (χ0v) is 13.8. The normalized spacial score (nSPS) is 25.0. The lowest BCUT2D eigenvalue weighted by atomic mass is 9.70. The van der Waals surface area contributed by atoms with Gasteiger partial charge in [-0.3, -0.25) is 0 Å². The second kappa shape index (κ2) is 6.88. The molecule has 0 aromatic carbocycles. The van der Waals surface area contributed by atoms with Crippen LogP contribution < -0.4 is 5.73 Å². The highest BCUT2D eigenvalue weighted by Gasteiger charge is 2.32. The van der Waals surface area contributed by atoms with Crippen molar-refractivity contribution in [2.24, 2.45) is 17.1 Å². The summed E-state index contributed by atoms with van der Waals surface area (Å²) in [6.07, 6.45) is 5.48. The second-order valence-corrected chi connectivity index (χ2v) is 7.29. The number of rotatable bonds is 5. The summed E-state index contributed by atoms with van der Waals surface area (Å²) in [5.74, 6) is 2.60. The second-order valence-electron chi connectivity index (χ2n) is 7.29. The Labute approximate surface area is 127 Å². The summed E-state index contributed by atoms with van der Waals surface area (Å²) in [5.41, 5.74) is 6.43. The van der Waals surface area contributed by atoms with E-state index in [4.69, 9.17) is 15.0 Å². The number of hydrogen-bond acceptors (Lipinski definition) is 5. The molecule has 0 saturated heterocycles. The lowest BCUT2D eigenvalue weighted by Gasteiger charge is -2.36. The number of methoxy groups -OCH3 is 1. The fourth-order valence-electron chi connectivity index (χ4n) is 3.15. The topological polar surface area (TPSA) is 74.2 Å². The van der Waals surface area contributed by atoms with Crippen LogP contribution in [-0.2, 0) is 4.74 Å². The van der Waals surface area contributed by atoms with Gasteiger partial charge in [-0.15, -0.1) is 0 Å². The lowest BCUT2D eigenvalue weighted by Crippen LogP contribution is -2.25. The zero-order valence-electron chi connectivity index (χ0n) is 13.8. The van der Waals surface area contributed by atoms with Crippen molar-refractivity contribution < 1.29 is 9.26 Å². The van der Waals surface area contributed by atoms with Crippen LogP contribution in [0.25, 0.3) is 0 Å². The molecule has 1 aromatic rings. The van der Waals surface area contributed by atoms with E-state index in [-0.39, 0.29) is 6.04 Å². The first-order valence-electron chi connectivity index (χ1n) is 8.00. The Hall–Kier alpha value is -0.940. The number of nitrogens with zero attached hydrogens (tertiary/aromatic N) is 2. The van der Waals surface area contributed by atoms with Gasteiger partial charge < -0.3 is 15.0 Å². The van der Waals surface area contributed by atoms with Gasteiger partial charge >= 0.3 is 0 Å². The minimum atomic E-state index is -0.225. The minimum absolute atomic E-state index is 0.225. The molecule has 1 aliphatic rings. The smallest absolute Gasteiger partial charge is 0.243 e. The van der Waals surface area contributed by atoms with Gasteiger partial charge in [0.1, 0.15) is 0 Å². The summed E-state index contributed by atoms with van der Waals surface area (Å²) in [5, 5.41) is 4.15. The molecular weight excluding hydrogens is 266 g/mol. The van der Waals surface area contributed by atoms with E-state index in [1.807, 2.05) is 0 Å². The van der Waals surface area contributed by atoms with Crippen molar-refractivity contribution >= 4 is 0 Å². The fourth-order valence-corrected chi connectivity index (χ4v) is 3.15. The summed E-state index contributed by atoms with van der Waals surface area (Å²) in [6.45, 7) is 7.60. The molecule has 120 valence electrons. The molecule has 5 nitrogen and oxygen atoms in total. The van der Waals surface area contributed by atoms with Gasteiger partial charge in [0.2, 0.25) is 5.89 Å². The molecule has 1 fully saturated rings. The van der Waals surface area contributed by atoms with Gasteiger partial charge in [-0.05, 0) is 43.4 Å². The largest absolute Gasteiger partial charge is 0.385 e. The average molecular weight is 295 g/mol. The molecule has 2 rings (SSSR count). The van der Waals surface area contributed by atoms with Gasteiger partial charge in [0.25, 0.3) is 0 Å². The molecule has 1 unspecified atom stereocenters. The van der Waals surface area contributed by atoms with Crippen LogP contribution in [0.5, 0.6) is 0 Å². The Balaban J connectivity index is 1.91. The molecule has 1 aliphatic carbocycles. The summed E-state index contributed by atoms with van der Waals surface area (Å²) in [6, 6.07) is -0.225. The monoisotopic (exact) mass is 295 g/mol.